The minimum absolute atomic E-state index is 0.361. The van der Waals surface area contributed by atoms with Crippen molar-refractivity contribution in [3.63, 3.8) is 0 Å². The van der Waals surface area contributed by atoms with Gasteiger partial charge in [0.05, 0.1) is 5.52 Å². The molecule has 3 aromatic rings. The van der Waals surface area contributed by atoms with E-state index in [9.17, 15) is 0 Å². The van der Waals surface area contributed by atoms with Crippen molar-refractivity contribution in [2.75, 3.05) is 19.6 Å². The summed E-state index contributed by atoms with van der Waals surface area (Å²) in [5.41, 5.74) is 4.80. The summed E-state index contributed by atoms with van der Waals surface area (Å²) >= 11 is 0. The van der Waals surface area contributed by atoms with Gasteiger partial charge in [0.2, 0.25) is 0 Å². The Bertz CT molecular complexity index is 831. The van der Waals surface area contributed by atoms with E-state index in [1.165, 1.54) is 16.5 Å². The standard InChI is InChI=1S/C20H22N4/c1-15-11-17(18-6-2-3-7-19(18)23-15)14-24-10-9-22-13-20(24)16-5-4-8-21-12-16/h2-8,11-12,20,22H,9-10,13-14H2,1H3. The molecule has 24 heavy (non-hydrogen) atoms. The lowest BCUT2D eigenvalue weighted by Gasteiger charge is -2.36. The van der Waals surface area contributed by atoms with Gasteiger partial charge in [-0.05, 0) is 36.2 Å². The molecule has 4 rings (SSSR count). The largest absolute Gasteiger partial charge is 0.314 e. The normalized spacial score (nSPS) is 18.8. The van der Waals surface area contributed by atoms with Crippen LogP contribution < -0.4 is 5.32 Å². The lowest BCUT2D eigenvalue weighted by Crippen LogP contribution is -2.45. The smallest absolute Gasteiger partial charge is 0.0708 e. The average Bonchev–Trinajstić information content (AvgIpc) is 2.63. The van der Waals surface area contributed by atoms with Crippen LogP contribution in [0.1, 0.15) is 22.9 Å². The molecule has 0 spiro atoms. The summed E-state index contributed by atoms with van der Waals surface area (Å²) in [5.74, 6) is 0. The predicted molar refractivity (Wildman–Crippen MR) is 96.7 cm³/mol. The maximum absolute atomic E-state index is 4.67. The molecule has 1 fully saturated rings. The number of aromatic nitrogens is 2. The van der Waals surface area contributed by atoms with Crippen molar-refractivity contribution in [2.45, 2.75) is 19.5 Å². The lowest BCUT2D eigenvalue weighted by atomic mass is 10.0. The highest BCUT2D eigenvalue weighted by molar-refractivity contribution is 5.82. The van der Waals surface area contributed by atoms with E-state index in [-0.39, 0.29) is 0 Å². The fraction of sp³-hybridized carbons (Fsp3) is 0.300. The fourth-order valence-electron chi connectivity index (χ4n) is 3.58. The number of para-hydroxylation sites is 1. The Labute approximate surface area is 142 Å². The van der Waals surface area contributed by atoms with Crippen molar-refractivity contribution >= 4 is 10.9 Å². The molecule has 1 aliphatic heterocycles. The van der Waals surface area contributed by atoms with Crippen molar-refractivity contribution in [2.24, 2.45) is 0 Å². The van der Waals surface area contributed by atoms with E-state index in [1.54, 1.807) is 0 Å². The predicted octanol–water partition coefficient (Wildman–Crippen LogP) is 3.08. The Balaban J connectivity index is 1.68. The summed E-state index contributed by atoms with van der Waals surface area (Å²) in [5, 5.41) is 4.77. The van der Waals surface area contributed by atoms with Crippen LogP contribution in [-0.2, 0) is 6.54 Å². The molecule has 2 aromatic heterocycles. The second kappa shape index (κ2) is 6.67. The van der Waals surface area contributed by atoms with Gasteiger partial charge >= 0.3 is 0 Å². The van der Waals surface area contributed by atoms with E-state index >= 15 is 0 Å². The summed E-state index contributed by atoms with van der Waals surface area (Å²) in [6.45, 7) is 6.04. The molecular formula is C20H22N4. The highest BCUT2D eigenvalue weighted by Crippen LogP contribution is 2.26. The molecule has 4 heteroatoms. The third kappa shape index (κ3) is 3.03. The van der Waals surface area contributed by atoms with E-state index in [4.69, 9.17) is 0 Å². The van der Waals surface area contributed by atoms with Gasteiger partial charge in [-0.25, -0.2) is 0 Å². The number of nitrogens with one attached hydrogen (secondary N) is 1. The summed E-state index contributed by atoms with van der Waals surface area (Å²) in [7, 11) is 0. The summed E-state index contributed by atoms with van der Waals surface area (Å²) in [6, 6.07) is 15.2. The summed E-state index contributed by atoms with van der Waals surface area (Å²) in [6.07, 6.45) is 3.82. The van der Waals surface area contributed by atoms with Crippen LogP contribution in [0.15, 0.2) is 54.9 Å². The molecule has 4 nitrogen and oxygen atoms in total. The zero-order chi connectivity index (χ0) is 16.4. The Morgan fingerprint density at radius 1 is 1.21 bits per heavy atom. The molecule has 1 aliphatic rings. The Morgan fingerprint density at radius 3 is 3.00 bits per heavy atom. The second-order valence-corrected chi connectivity index (χ2v) is 6.42. The van der Waals surface area contributed by atoms with Crippen molar-refractivity contribution in [1.29, 1.82) is 0 Å². The molecule has 3 heterocycles. The van der Waals surface area contributed by atoms with Crippen LogP contribution in [0, 0.1) is 6.92 Å². The van der Waals surface area contributed by atoms with Gasteiger partial charge in [-0.3, -0.25) is 14.9 Å². The Kier molecular flexibility index (Phi) is 4.24. The van der Waals surface area contributed by atoms with E-state index in [2.05, 4.69) is 63.5 Å². The van der Waals surface area contributed by atoms with E-state index in [0.29, 0.717) is 6.04 Å². The van der Waals surface area contributed by atoms with Crippen LogP contribution in [0.2, 0.25) is 0 Å². The number of benzene rings is 1. The number of piperazine rings is 1. The average molecular weight is 318 g/mol. The minimum Gasteiger partial charge on any atom is -0.314 e. The Morgan fingerprint density at radius 2 is 2.12 bits per heavy atom. The Hall–Kier alpha value is -2.30. The molecule has 0 radical (unpaired) electrons. The van der Waals surface area contributed by atoms with Gasteiger partial charge in [0.15, 0.2) is 0 Å². The van der Waals surface area contributed by atoms with Crippen LogP contribution in [0.4, 0.5) is 0 Å². The molecule has 122 valence electrons. The number of pyridine rings is 2. The second-order valence-electron chi connectivity index (χ2n) is 6.42. The first-order chi connectivity index (χ1) is 11.8. The van der Waals surface area contributed by atoms with Gasteiger partial charge in [0.25, 0.3) is 0 Å². The topological polar surface area (TPSA) is 41.0 Å². The van der Waals surface area contributed by atoms with Crippen LogP contribution in [0.25, 0.3) is 10.9 Å². The van der Waals surface area contributed by atoms with E-state index in [0.717, 1.165) is 37.4 Å². The molecule has 1 aromatic carbocycles. The van der Waals surface area contributed by atoms with Crippen molar-refractivity contribution in [3.8, 4) is 0 Å². The number of hydrogen-bond acceptors (Lipinski definition) is 4. The molecule has 1 N–H and O–H groups in total. The molecule has 1 saturated heterocycles. The third-order valence-corrected chi connectivity index (χ3v) is 4.73. The van der Waals surface area contributed by atoms with Crippen LogP contribution >= 0.6 is 0 Å². The summed E-state index contributed by atoms with van der Waals surface area (Å²) in [4.78, 5) is 11.5. The van der Waals surface area contributed by atoms with Crippen molar-refractivity contribution < 1.29 is 0 Å². The number of aryl methyl sites for hydroxylation is 1. The molecular weight excluding hydrogens is 296 g/mol. The van der Waals surface area contributed by atoms with E-state index < -0.39 is 0 Å². The number of hydrogen-bond donors (Lipinski definition) is 1. The zero-order valence-electron chi connectivity index (χ0n) is 13.9. The highest BCUT2D eigenvalue weighted by atomic mass is 15.2. The van der Waals surface area contributed by atoms with Gasteiger partial charge in [-0.15, -0.1) is 0 Å². The molecule has 0 saturated carbocycles. The maximum atomic E-state index is 4.67. The van der Waals surface area contributed by atoms with Gasteiger partial charge in [0.1, 0.15) is 0 Å². The first-order valence-corrected chi connectivity index (χ1v) is 8.51. The molecule has 0 bridgehead atoms. The molecule has 1 atom stereocenters. The van der Waals surface area contributed by atoms with Gasteiger partial charge in [0, 0.05) is 55.7 Å². The van der Waals surface area contributed by atoms with Crippen molar-refractivity contribution in [1.82, 2.24) is 20.2 Å². The molecule has 1 unspecified atom stereocenters. The number of fused-ring (bicyclic) bond motifs is 1. The first-order valence-electron chi connectivity index (χ1n) is 8.51. The quantitative estimate of drug-likeness (QED) is 0.806. The molecule has 0 aliphatic carbocycles. The minimum atomic E-state index is 0.361. The van der Waals surface area contributed by atoms with Crippen molar-refractivity contribution in [3.05, 3.63) is 71.7 Å². The number of nitrogens with zero attached hydrogens (tertiary/aromatic N) is 3. The van der Waals surface area contributed by atoms with Crippen LogP contribution in [-0.4, -0.2) is 34.5 Å². The van der Waals surface area contributed by atoms with Crippen LogP contribution in [0.5, 0.6) is 0 Å². The summed E-state index contributed by atoms with van der Waals surface area (Å²) < 4.78 is 0. The van der Waals surface area contributed by atoms with E-state index in [1.807, 2.05) is 18.5 Å². The monoisotopic (exact) mass is 318 g/mol. The SMILES string of the molecule is Cc1cc(CN2CCNCC2c2cccnc2)c2ccccc2n1. The highest BCUT2D eigenvalue weighted by Gasteiger charge is 2.24. The van der Waals surface area contributed by atoms with Crippen LogP contribution in [0.3, 0.4) is 0 Å². The number of rotatable bonds is 3. The maximum Gasteiger partial charge on any atom is 0.0708 e. The fourth-order valence-corrected chi connectivity index (χ4v) is 3.58. The van der Waals surface area contributed by atoms with Gasteiger partial charge in [-0.1, -0.05) is 24.3 Å². The van der Waals surface area contributed by atoms with Gasteiger partial charge in [-0.2, -0.15) is 0 Å². The van der Waals surface area contributed by atoms with Gasteiger partial charge < -0.3 is 5.32 Å². The lowest BCUT2D eigenvalue weighted by molar-refractivity contribution is 0.154. The first kappa shape index (κ1) is 15.2. The zero-order valence-corrected chi connectivity index (χ0v) is 13.9. The molecule has 0 amide bonds. The third-order valence-electron chi connectivity index (χ3n) is 4.73.